The van der Waals surface area contributed by atoms with Gasteiger partial charge in [-0.1, -0.05) is 0 Å². The number of hydrogen-bond donors (Lipinski definition) is 2. The van der Waals surface area contributed by atoms with Crippen molar-refractivity contribution in [3.63, 3.8) is 0 Å². The molecule has 1 amide bonds. The third-order valence-electron chi connectivity index (χ3n) is 4.26. The maximum absolute atomic E-state index is 13.8. The molecule has 0 saturated carbocycles. The standard InChI is InChI=1S/C18H18FN3O4S2/c1-10-4-13(5-12(7-20)16(10)19)21-17(23)14-6-15(27-11(14)2)28(24,25)22-18(3)8-26-9-18/h4-6,22H,8-9H2,1-3H3,(H,21,23). The minimum Gasteiger partial charge on any atom is -0.377 e. The Bertz CT molecular complexity index is 1100. The minimum atomic E-state index is -3.79. The predicted octanol–water partition coefficient (Wildman–Crippen LogP) is 2.70. The van der Waals surface area contributed by atoms with Crippen molar-refractivity contribution in [3.05, 3.63) is 45.6 Å². The summed E-state index contributed by atoms with van der Waals surface area (Å²) in [6.45, 7) is 5.45. The molecule has 0 spiro atoms. The van der Waals surface area contributed by atoms with E-state index in [1.54, 1.807) is 19.9 Å². The molecule has 148 valence electrons. The van der Waals surface area contributed by atoms with Crippen LogP contribution in [0.25, 0.3) is 0 Å². The number of aryl methyl sites for hydroxylation is 2. The zero-order chi connectivity index (χ0) is 20.7. The summed E-state index contributed by atoms with van der Waals surface area (Å²) in [5.41, 5.74) is -0.160. The first-order valence-corrected chi connectivity index (χ1v) is 10.6. The molecule has 1 fully saturated rings. The summed E-state index contributed by atoms with van der Waals surface area (Å²) < 4.78 is 46.6. The summed E-state index contributed by atoms with van der Waals surface area (Å²) in [7, 11) is -3.79. The summed E-state index contributed by atoms with van der Waals surface area (Å²) in [5.74, 6) is -1.18. The number of nitrogens with zero attached hydrogens (tertiary/aromatic N) is 1. The lowest BCUT2D eigenvalue weighted by molar-refractivity contribution is -0.0523. The van der Waals surface area contributed by atoms with E-state index in [1.807, 2.05) is 0 Å². The maximum atomic E-state index is 13.8. The third kappa shape index (κ3) is 3.93. The number of carbonyl (C=O) groups is 1. The van der Waals surface area contributed by atoms with Crippen LogP contribution >= 0.6 is 11.3 Å². The Morgan fingerprint density at radius 2 is 2.00 bits per heavy atom. The van der Waals surface area contributed by atoms with E-state index in [0.717, 1.165) is 11.3 Å². The van der Waals surface area contributed by atoms with Crippen molar-refractivity contribution in [2.45, 2.75) is 30.5 Å². The van der Waals surface area contributed by atoms with Crippen LogP contribution in [-0.4, -0.2) is 33.1 Å². The summed E-state index contributed by atoms with van der Waals surface area (Å²) in [4.78, 5) is 13.1. The number of halogens is 1. The Kier molecular flexibility index (Phi) is 5.29. The van der Waals surface area contributed by atoms with Gasteiger partial charge in [0.1, 0.15) is 16.1 Å². The number of amides is 1. The van der Waals surface area contributed by atoms with Crippen molar-refractivity contribution in [3.8, 4) is 6.07 Å². The highest BCUT2D eigenvalue weighted by atomic mass is 32.2. The predicted molar refractivity (Wildman–Crippen MR) is 102 cm³/mol. The number of rotatable bonds is 5. The molecule has 10 heteroatoms. The average Bonchev–Trinajstić information content (AvgIpc) is 2.99. The highest BCUT2D eigenvalue weighted by Gasteiger charge is 2.38. The van der Waals surface area contributed by atoms with Gasteiger partial charge in [0.15, 0.2) is 0 Å². The van der Waals surface area contributed by atoms with Crippen LogP contribution in [0, 0.1) is 31.0 Å². The number of benzene rings is 1. The average molecular weight is 423 g/mol. The Hall–Kier alpha value is -2.32. The van der Waals surface area contributed by atoms with Crippen molar-refractivity contribution in [1.29, 1.82) is 5.26 Å². The van der Waals surface area contributed by atoms with Crippen LogP contribution in [-0.2, 0) is 14.8 Å². The third-order valence-corrected chi connectivity index (χ3v) is 7.42. The molecule has 0 bridgehead atoms. The van der Waals surface area contributed by atoms with Gasteiger partial charge >= 0.3 is 0 Å². The molecule has 28 heavy (non-hydrogen) atoms. The van der Waals surface area contributed by atoms with Gasteiger partial charge in [0.25, 0.3) is 15.9 Å². The molecule has 1 aliphatic rings. The van der Waals surface area contributed by atoms with E-state index in [2.05, 4.69) is 10.0 Å². The van der Waals surface area contributed by atoms with Gasteiger partial charge in [0, 0.05) is 10.6 Å². The number of anilines is 1. The van der Waals surface area contributed by atoms with E-state index < -0.39 is 27.3 Å². The quantitative estimate of drug-likeness (QED) is 0.769. The van der Waals surface area contributed by atoms with Crippen LogP contribution in [0.5, 0.6) is 0 Å². The van der Waals surface area contributed by atoms with Crippen molar-refractivity contribution < 1.29 is 22.3 Å². The Morgan fingerprint density at radius 3 is 2.57 bits per heavy atom. The molecule has 2 heterocycles. The summed E-state index contributed by atoms with van der Waals surface area (Å²) in [5, 5.41) is 11.6. The SMILES string of the molecule is Cc1cc(NC(=O)c2cc(S(=O)(=O)NC3(C)COC3)sc2C)cc(C#N)c1F. The molecule has 0 atom stereocenters. The molecule has 3 rings (SSSR count). The monoisotopic (exact) mass is 423 g/mol. The van der Waals surface area contributed by atoms with Crippen molar-refractivity contribution >= 4 is 33.0 Å². The number of nitriles is 1. The van der Waals surface area contributed by atoms with Gasteiger partial charge in [0.05, 0.1) is 29.9 Å². The van der Waals surface area contributed by atoms with Crippen LogP contribution in [0.1, 0.15) is 33.3 Å². The smallest absolute Gasteiger partial charge is 0.256 e. The lowest BCUT2D eigenvalue weighted by atomic mass is 10.0. The van der Waals surface area contributed by atoms with E-state index >= 15 is 0 Å². The second-order valence-corrected chi connectivity index (χ2v) is 10.1. The topological polar surface area (TPSA) is 108 Å². The summed E-state index contributed by atoms with van der Waals surface area (Å²) in [6.07, 6.45) is 0. The van der Waals surface area contributed by atoms with Gasteiger partial charge in [0.2, 0.25) is 0 Å². The number of sulfonamides is 1. The van der Waals surface area contributed by atoms with E-state index in [-0.39, 0.29) is 39.8 Å². The molecule has 1 aromatic carbocycles. The van der Waals surface area contributed by atoms with Gasteiger partial charge in [-0.3, -0.25) is 4.79 Å². The number of hydrogen-bond acceptors (Lipinski definition) is 6. The molecule has 1 aromatic heterocycles. The van der Waals surface area contributed by atoms with Gasteiger partial charge in [-0.2, -0.15) is 9.98 Å². The molecule has 0 unspecified atom stereocenters. The van der Waals surface area contributed by atoms with E-state index in [0.29, 0.717) is 4.88 Å². The lowest BCUT2D eigenvalue weighted by Crippen LogP contribution is -2.59. The van der Waals surface area contributed by atoms with Crippen LogP contribution in [0.15, 0.2) is 22.4 Å². The van der Waals surface area contributed by atoms with Crippen molar-refractivity contribution in [1.82, 2.24) is 4.72 Å². The van der Waals surface area contributed by atoms with Crippen molar-refractivity contribution in [2.75, 3.05) is 18.5 Å². The van der Waals surface area contributed by atoms with Gasteiger partial charge in [-0.15, -0.1) is 11.3 Å². The minimum absolute atomic E-state index is 0.0243. The zero-order valence-electron chi connectivity index (χ0n) is 15.4. The molecule has 7 nitrogen and oxygen atoms in total. The molecular weight excluding hydrogens is 405 g/mol. The first-order chi connectivity index (χ1) is 13.0. The van der Waals surface area contributed by atoms with Crippen LogP contribution in [0.2, 0.25) is 0 Å². The lowest BCUT2D eigenvalue weighted by Gasteiger charge is -2.37. The van der Waals surface area contributed by atoms with Crippen LogP contribution in [0.3, 0.4) is 0 Å². The zero-order valence-corrected chi connectivity index (χ0v) is 17.1. The largest absolute Gasteiger partial charge is 0.377 e. The van der Waals surface area contributed by atoms with E-state index in [9.17, 15) is 17.6 Å². The molecule has 1 saturated heterocycles. The van der Waals surface area contributed by atoms with E-state index in [4.69, 9.17) is 10.00 Å². The van der Waals surface area contributed by atoms with Crippen LogP contribution < -0.4 is 10.0 Å². The Morgan fingerprint density at radius 1 is 1.32 bits per heavy atom. The number of ether oxygens (including phenoxy) is 1. The fourth-order valence-electron chi connectivity index (χ4n) is 2.78. The summed E-state index contributed by atoms with van der Waals surface area (Å²) >= 11 is 0.984. The van der Waals surface area contributed by atoms with Gasteiger partial charge in [-0.25, -0.2) is 12.8 Å². The van der Waals surface area contributed by atoms with Crippen molar-refractivity contribution in [2.24, 2.45) is 0 Å². The molecule has 0 radical (unpaired) electrons. The fraction of sp³-hybridized carbons (Fsp3) is 0.333. The first kappa shape index (κ1) is 20.4. The highest BCUT2D eigenvalue weighted by molar-refractivity contribution is 7.91. The number of thiophene rings is 1. The number of nitrogens with one attached hydrogen (secondary N) is 2. The molecule has 1 aliphatic heterocycles. The van der Waals surface area contributed by atoms with Gasteiger partial charge < -0.3 is 10.1 Å². The second-order valence-electron chi connectivity index (χ2n) is 6.91. The summed E-state index contributed by atoms with van der Waals surface area (Å²) in [6, 6.07) is 5.69. The molecule has 0 aliphatic carbocycles. The highest BCUT2D eigenvalue weighted by Crippen LogP contribution is 2.29. The second kappa shape index (κ2) is 7.25. The fourth-order valence-corrected chi connectivity index (χ4v) is 5.60. The molecule has 2 aromatic rings. The Labute approximate surface area is 166 Å². The molecule has 2 N–H and O–H groups in total. The normalized spacial score (nSPS) is 15.5. The first-order valence-electron chi connectivity index (χ1n) is 8.28. The molecular formula is C18H18FN3O4S2. The van der Waals surface area contributed by atoms with Crippen LogP contribution in [0.4, 0.5) is 10.1 Å². The van der Waals surface area contributed by atoms with Gasteiger partial charge in [-0.05, 0) is 44.5 Å². The Balaban J connectivity index is 1.84. The number of carbonyl (C=O) groups excluding carboxylic acids is 1. The van der Waals surface area contributed by atoms with E-state index in [1.165, 1.54) is 25.1 Å². The maximum Gasteiger partial charge on any atom is 0.256 e.